The molecule has 6 heteroatoms. The van der Waals surface area contributed by atoms with Crippen LogP contribution in [0.15, 0.2) is 0 Å². The molecule has 0 heterocycles. The Bertz CT molecular complexity index is 170. The Morgan fingerprint density at radius 1 is 1.46 bits per heavy atom. The van der Waals surface area contributed by atoms with Gasteiger partial charge in [-0.25, -0.2) is 0 Å². The van der Waals surface area contributed by atoms with E-state index in [0.29, 0.717) is 4.90 Å². The normalized spacial score (nSPS) is 11.5. The quantitative estimate of drug-likeness (QED) is 0.726. The smallest absolute Gasteiger partial charge is 0.395 e. The van der Waals surface area contributed by atoms with Crippen LogP contribution in [0.5, 0.6) is 0 Å². The fourth-order valence-corrected chi connectivity index (χ4v) is 0.853. The molecule has 0 rings (SSSR count). The van der Waals surface area contributed by atoms with Crippen molar-refractivity contribution in [2.24, 2.45) is 0 Å². The van der Waals surface area contributed by atoms with Crippen molar-refractivity contribution in [2.75, 3.05) is 19.7 Å². The Morgan fingerprint density at radius 3 is 2.31 bits per heavy atom. The van der Waals surface area contributed by atoms with Gasteiger partial charge in [0.05, 0.1) is 6.61 Å². The van der Waals surface area contributed by atoms with E-state index in [1.807, 2.05) is 0 Å². The van der Waals surface area contributed by atoms with Crippen LogP contribution < -0.4 is 0 Å². The number of carbonyl (C=O) groups excluding carboxylic acids is 1. The maximum Gasteiger partial charge on any atom is 0.406 e. The van der Waals surface area contributed by atoms with Crippen LogP contribution >= 0.6 is 0 Å². The van der Waals surface area contributed by atoms with Crippen LogP contribution in [0.4, 0.5) is 13.2 Å². The van der Waals surface area contributed by atoms with Gasteiger partial charge in [0, 0.05) is 13.0 Å². The van der Waals surface area contributed by atoms with Gasteiger partial charge in [0.1, 0.15) is 6.54 Å². The van der Waals surface area contributed by atoms with Crippen molar-refractivity contribution in [3.63, 3.8) is 0 Å². The third-order valence-corrected chi connectivity index (χ3v) is 1.40. The van der Waals surface area contributed by atoms with E-state index in [2.05, 4.69) is 0 Å². The number of alkyl halides is 3. The molecule has 0 aliphatic rings. The predicted molar refractivity (Wildman–Crippen MR) is 40.0 cm³/mol. The van der Waals surface area contributed by atoms with Gasteiger partial charge in [-0.1, -0.05) is 6.92 Å². The molecule has 0 saturated heterocycles. The topological polar surface area (TPSA) is 40.5 Å². The molecule has 13 heavy (non-hydrogen) atoms. The molecular formula is C7H12F3NO2. The number of aliphatic hydroxyl groups is 1. The molecular weight excluding hydrogens is 187 g/mol. The molecule has 3 nitrogen and oxygen atoms in total. The fourth-order valence-electron chi connectivity index (χ4n) is 0.853. The highest BCUT2D eigenvalue weighted by molar-refractivity contribution is 5.75. The minimum absolute atomic E-state index is 0.01000. The lowest BCUT2D eigenvalue weighted by atomic mass is 10.3. The van der Waals surface area contributed by atoms with E-state index in [4.69, 9.17) is 5.11 Å². The molecule has 0 unspecified atom stereocenters. The standard InChI is InChI=1S/C7H12F3NO2/c1-2-6(13)11(3-4-12)5-7(8,9)10/h12H,2-5H2,1H3. The number of halogens is 3. The third kappa shape index (κ3) is 5.46. The zero-order chi connectivity index (χ0) is 10.5. The number of aliphatic hydroxyl groups excluding tert-OH is 1. The molecule has 0 fully saturated rings. The highest BCUT2D eigenvalue weighted by Crippen LogP contribution is 2.16. The van der Waals surface area contributed by atoms with Crippen molar-refractivity contribution in [3.8, 4) is 0 Å². The summed E-state index contributed by atoms with van der Waals surface area (Å²) in [6.45, 7) is -0.544. The molecule has 0 aromatic rings. The molecule has 1 amide bonds. The summed E-state index contributed by atoms with van der Waals surface area (Å²) in [5.41, 5.74) is 0. The van der Waals surface area contributed by atoms with Gasteiger partial charge in [-0.15, -0.1) is 0 Å². The molecule has 0 spiro atoms. The lowest BCUT2D eigenvalue weighted by Crippen LogP contribution is -2.40. The summed E-state index contributed by atoms with van der Waals surface area (Å²) in [5, 5.41) is 8.42. The highest BCUT2D eigenvalue weighted by Gasteiger charge is 2.32. The van der Waals surface area contributed by atoms with Gasteiger partial charge in [-0.2, -0.15) is 13.2 Å². The molecule has 0 aromatic heterocycles. The van der Waals surface area contributed by atoms with E-state index in [-0.39, 0.29) is 13.0 Å². The summed E-state index contributed by atoms with van der Waals surface area (Å²) in [6, 6.07) is 0. The fraction of sp³-hybridized carbons (Fsp3) is 0.857. The number of hydrogen-bond donors (Lipinski definition) is 1. The van der Waals surface area contributed by atoms with Gasteiger partial charge in [0.25, 0.3) is 0 Å². The summed E-state index contributed by atoms with van der Waals surface area (Å²) < 4.78 is 35.6. The lowest BCUT2D eigenvalue weighted by Gasteiger charge is -2.22. The van der Waals surface area contributed by atoms with Crippen LogP contribution in [0.3, 0.4) is 0 Å². The average molecular weight is 199 g/mol. The second-order valence-corrected chi connectivity index (χ2v) is 2.51. The number of hydrogen-bond acceptors (Lipinski definition) is 2. The van der Waals surface area contributed by atoms with Crippen molar-refractivity contribution in [3.05, 3.63) is 0 Å². The number of amides is 1. The summed E-state index contributed by atoms with van der Waals surface area (Å²) in [5.74, 6) is -0.605. The molecule has 0 bridgehead atoms. The Hall–Kier alpha value is -0.780. The molecule has 0 atom stereocenters. The highest BCUT2D eigenvalue weighted by atomic mass is 19.4. The van der Waals surface area contributed by atoms with Crippen LogP contribution in [-0.4, -0.2) is 41.8 Å². The molecule has 0 aliphatic heterocycles. The molecule has 0 aromatic carbocycles. The first kappa shape index (κ1) is 12.2. The van der Waals surface area contributed by atoms with Crippen LogP contribution in [0.1, 0.15) is 13.3 Å². The number of rotatable bonds is 4. The second-order valence-electron chi connectivity index (χ2n) is 2.51. The minimum Gasteiger partial charge on any atom is -0.395 e. The van der Waals surface area contributed by atoms with Crippen molar-refractivity contribution in [2.45, 2.75) is 19.5 Å². The summed E-state index contributed by atoms with van der Waals surface area (Å²) in [6.07, 6.45) is -4.39. The molecule has 1 N–H and O–H groups in total. The lowest BCUT2D eigenvalue weighted by molar-refractivity contribution is -0.161. The van der Waals surface area contributed by atoms with Gasteiger partial charge in [0.15, 0.2) is 0 Å². The van der Waals surface area contributed by atoms with E-state index in [0.717, 1.165) is 0 Å². The summed E-state index contributed by atoms with van der Waals surface area (Å²) in [7, 11) is 0. The minimum atomic E-state index is -4.40. The molecule has 0 saturated carbocycles. The van der Waals surface area contributed by atoms with E-state index >= 15 is 0 Å². The van der Waals surface area contributed by atoms with E-state index in [1.54, 1.807) is 0 Å². The molecule has 0 aliphatic carbocycles. The van der Waals surface area contributed by atoms with E-state index < -0.39 is 25.2 Å². The number of nitrogens with zero attached hydrogens (tertiary/aromatic N) is 1. The van der Waals surface area contributed by atoms with Crippen molar-refractivity contribution >= 4 is 5.91 Å². The maximum atomic E-state index is 11.9. The van der Waals surface area contributed by atoms with Crippen LogP contribution in [-0.2, 0) is 4.79 Å². The van der Waals surface area contributed by atoms with E-state index in [1.165, 1.54) is 6.92 Å². The van der Waals surface area contributed by atoms with Crippen LogP contribution in [0, 0.1) is 0 Å². The third-order valence-electron chi connectivity index (χ3n) is 1.40. The molecule has 78 valence electrons. The van der Waals surface area contributed by atoms with Gasteiger partial charge in [-0.3, -0.25) is 4.79 Å². The Labute approximate surface area is 74.1 Å². The van der Waals surface area contributed by atoms with Gasteiger partial charge >= 0.3 is 6.18 Å². The molecule has 0 radical (unpaired) electrons. The first-order valence-corrected chi connectivity index (χ1v) is 3.86. The van der Waals surface area contributed by atoms with Crippen LogP contribution in [0.25, 0.3) is 0 Å². The van der Waals surface area contributed by atoms with E-state index in [9.17, 15) is 18.0 Å². The number of carbonyl (C=O) groups is 1. The summed E-state index contributed by atoms with van der Waals surface area (Å²) in [4.78, 5) is 11.5. The zero-order valence-electron chi connectivity index (χ0n) is 7.26. The Balaban J connectivity index is 4.17. The van der Waals surface area contributed by atoms with Crippen molar-refractivity contribution in [1.82, 2.24) is 4.90 Å². The van der Waals surface area contributed by atoms with Crippen LogP contribution in [0.2, 0.25) is 0 Å². The largest absolute Gasteiger partial charge is 0.406 e. The SMILES string of the molecule is CCC(=O)N(CCO)CC(F)(F)F. The van der Waals surface area contributed by atoms with Gasteiger partial charge in [0.2, 0.25) is 5.91 Å². The van der Waals surface area contributed by atoms with Crippen molar-refractivity contribution in [1.29, 1.82) is 0 Å². The van der Waals surface area contributed by atoms with Gasteiger partial charge < -0.3 is 10.0 Å². The predicted octanol–water partition coefficient (Wildman–Crippen LogP) is 0.780. The first-order valence-electron chi connectivity index (χ1n) is 3.86. The second kappa shape index (κ2) is 5.06. The zero-order valence-corrected chi connectivity index (χ0v) is 7.26. The Kier molecular flexibility index (Phi) is 4.76. The van der Waals surface area contributed by atoms with Gasteiger partial charge in [-0.05, 0) is 0 Å². The Morgan fingerprint density at radius 2 is 2.00 bits per heavy atom. The maximum absolute atomic E-state index is 11.9. The average Bonchev–Trinajstić information content (AvgIpc) is 2.00. The summed E-state index contributed by atoms with van der Waals surface area (Å²) >= 11 is 0. The monoisotopic (exact) mass is 199 g/mol. The van der Waals surface area contributed by atoms with Crippen molar-refractivity contribution < 1.29 is 23.1 Å². The first-order chi connectivity index (χ1) is 5.90.